The first-order valence-corrected chi connectivity index (χ1v) is 13.3. The lowest BCUT2D eigenvalue weighted by atomic mass is 10.1. The van der Waals surface area contributed by atoms with Crippen LogP contribution < -0.4 is 4.90 Å². The average molecular weight is 473 g/mol. The van der Waals surface area contributed by atoms with Crippen LogP contribution >= 0.6 is 11.3 Å². The summed E-state index contributed by atoms with van der Waals surface area (Å²) in [4.78, 5) is 15.2. The molecule has 0 radical (unpaired) electrons. The first-order chi connectivity index (χ1) is 15.3. The van der Waals surface area contributed by atoms with Crippen molar-refractivity contribution in [3.63, 3.8) is 0 Å². The van der Waals surface area contributed by atoms with Crippen molar-refractivity contribution in [2.45, 2.75) is 25.3 Å². The molecule has 0 saturated carbocycles. The molecule has 1 aliphatic heterocycles. The van der Waals surface area contributed by atoms with Crippen molar-refractivity contribution < 1.29 is 18.3 Å². The Bertz CT molecular complexity index is 1410. The summed E-state index contributed by atoms with van der Waals surface area (Å²) in [5.74, 6) is 1.24. The fraction of sp³-hybridized carbons (Fsp3) is 0.364. The minimum absolute atomic E-state index is 0.0716. The highest BCUT2D eigenvalue weighted by molar-refractivity contribution is 7.89. The van der Waals surface area contributed by atoms with Crippen molar-refractivity contribution in [3.05, 3.63) is 40.9 Å². The summed E-state index contributed by atoms with van der Waals surface area (Å²) in [7, 11) is -3.23. The number of morpholine rings is 1. The number of fused-ring (bicyclic) bond motifs is 2. The van der Waals surface area contributed by atoms with Crippen LogP contribution in [0.3, 0.4) is 0 Å². The molecule has 168 valence electrons. The molecule has 1 aromatic carbocycles. The maximum Gasteiger partial charge on any atom is 0.162 e. The van der Waals surface area contributed by atoms with Crippen molar-refractivity contribution in [1.29, 1.82) is 0 Å². The van der Waals surface area contributed by atoms with E-state index >= 15 is 0 Å². The Morgan fingerprint density at radius 1 is 1.34 bits per heavy atom. The first-order valence-electron chi connectivity index (χ1n) is 10.4. The maximum absolute atomic E-state index is 12.1. The topological polar surface area (TPSA) is 108 Å². The quantitative estimate of drug-likeness (QED) is 0.459. The molecule has 1 aliphatic rings. The van der Waals surface area contributed by atoms with E-state index in [4.69, 9.17) is 14.7 Å². The van der Waals surface area contributed by atoms with Gasteiger partial charge in [-0.1, -0.05) is 0 Å². The number of nitrogens with one attached hydrogen (secondary N) is 1. The standard InChI is InChI=1S/C22H24N4O4S2/c1-13-10-30-6-5-26(13)22-20-19(15(11-31-20)12-32(2,28)29)24-21(25-22)17-7-14(9-27)8-18-16(17)3-4-23-18/h3-4,7-8,11,13,23,27H,5-6,9-10,12H2,1-2H3/t13-/m1/s1. The maximum atomic E-state index is 12.1. The molecule has 1 saturated heterocycles. The van der Waals surface area contributed by atoms with E-state index < -0.39 is 9.84 Å². The van der Waals surface area contributed by atoms with Crippen LogP contribution in [0.2, 0.25) is 0 Å². The molecule has 0 spiro atoms. The van der Waals surface area contributed by atoms with E-state index in [0.717, 1.165) is 32.5 Å². The van der Waals surface area contributed by atoms with Crippen LogP contribution in [0, 0.1) is 0 Å². The van der Waals surface area contributed by atoms with Crippen molar-refractivity contribution in [3.8, 4) is 11.4 Å². The summed E-state index contributed by atoms with van der Waals surface area (Å²) in [6, 6.07) is 5.89. The zero-order valence-corrected chi connectivity index (χ0v) is 19.5. The Morgan fingerprint density at radius 3 is 2.94 bits per heavy atom. The molecule has 0 unspecified atom stereocenters. The number of rotatable bonds is 5. The van der Waals surface area contributed by atoms with E-state index in [1.165, 1.54) is 17.6 Å². The lowest BCUT2D eigenvalue weighted by Gasteiger charge is -2.34. The third-order valence-electron chi connectivity index (χ3n) is 5.68. The van der Waals surface area contributed by atoms with Gasteiger partial charge in [0.1, 0.15) is 0 Å². The van der Waals surface area contributed by atoms with Gasteiger partial charge in [-0.2, -0.15) is 0 Å². The summed E-state index contributed by atoms with van der Waals surface area (Å²) in [6.07, 6.45) is 3.08. The van der Waals surface area contributed by atoms with E-state index in [1.54, 1.807) is 0 Å². The largest absolute Gasteiger partial charge is 0.392 e. The van der Waals surface area contributed by atoms with Gasteiger partial charge in [-0.25, -0.2) is 18.4 Å². The van der Waals surface area contributed by atoms with Crippen molar-refractivity contribution >= 4 is 48.1 Å². The average Bonchev–Trinajstić information content (AvgIpc) is 3.39. The fourth-order valence-corrected chi connectivity index (χ4v) is 6.10. The molecule has 3 aromatic heterocycles. The van der Waals surface area contributed by atoms with E-state index in [1.807, 2.05) is 29.8 Å². The molecule has 1 atom stereocenters. The summed E-state index contributed by atoms with van der Waals surface area (Å²) in [6.45, 7) is 3.89. The molecular weight excluding hydrogens is 448 g/mol. The smallest absolute Gasteiger partial charge is 0.162 e. The second-order valence-corrected chi connectivity index (χ2v) is 11.3. The third kappa shape index (κ3) is 3.88. The summed E-state index contributed by atoms with van der Waals surface area (Å²) in [5, 5.41) is 12.6. The van der Waals surface area contributed by atoms with Gasteiger partial charge in [0.25, 0.3) is 0 Å². The molecule has 10 heteroatoms. The van der Waals surface area contributed by atoms with Crippen LogP contribution in [-0.4, -0.2) is 60.5 Å². The normalized spacial score (nSPS) is 17.5. The summed E-state index contributed by atoms with van der Waals surface area (Å²) in [5.41, 5.74) is 3.78. The molecule has 4 heterocycles. The van der Waals surface area contributed by atoms with E-state index in [9.17, 15) is 13.5 Å². The molecule has 0 bridgehead atoms. The molecule has 4 aromatic rings. The third-order valence-corrected chi connectivity index (χ3v) is 7.53. The Balaban J connectivity index is 1.78. The molecule has 1 fully saturated rings. The number of nitrogens with zero attached hydrogens (tertiary/aromatic N) is 3. The van der Waals surface area contributed by atoms with Gasteiger partial charge in [-0.15, -0.1) is 11.3 Å². The highest BCUT2D eigenvalue weighted by Crippen LogP contribution is 2.37. The van der Waals surface area contributed by atoms with Gasteiger partial charge >= 0.3 is 0 Å². The molecule has 32 heavy (non-hydrogen) atoms. The summed E-state index contributed by atoms with van der Waals surface area (Å²) < 4.78 is 30.6. The number of hydrogen-bond acceptors (Lipinski definition) is 8. The number of aromatic nitrogens is 3. The van der Waals surface area contributed by atoms with Crippen molar-refractivity contribution in [2.75, 3.05) is 30.9 Å². The second-order valence-electron chi connectivity index (χ2n) is 8.24. The minimum Gasteiger partial charge on any atom is -0.392 e. The Labute approximate surface area is 189 Å². The number of sulfone groups is 1. The highest BCUT2D eigenvalue weighted by atomic mass is 32.2. The number of aliphatic hydroxyl groups excluding tert-OH is 1. The molecular formula is C22H24N4O4S2. The number of benzene rings is 1. The number of thiophene rings is 1. The van der Waals surface area contributed by atoms with E-state index in [-0.39, 0.29) is 18.4 Å². The number of aromatic amines is 1. The van der Waals surface area contributed by atoms with Gasteiger partial charge < -0.3 is 19.7 Å². The van der Waals surface area contributed by atoms with Crippen LogP contribution in [-0.2, 0) is 26.9 Å². The number of hydrogen-bond donors (Lipinski definition) is 2. The van der Waals surface area contributed by atoms with Gasteiger partial charge in [0.2, 0.25) is 0 Å². The second kappa shape index (κ2) is 8.11. The highest BCUT2D eigenvalue weighted by Gasteiger charge is 2.26. The Kier molecular flexibility index (Phi) is 5.40. The molecule has 0 aliphatic carbocycles. The number of H-pyrrole nitrogens is 1. The van der Waals surface area contributed by atoms with Gasteiger partial charge in [0.15, 0.2) is 21.5 Å². The zero-order chi connectivity index (χ0) is 22.5. The van der Waals surface area contributed by atoms with Gasteiger partial charge in [-0.3, -0.25) is 0 Å². The lowest BCUT2D eigenvalue weighted by molar-refractivity contribution is 0.0987. The van der Waals surface area contributed by atoms with Crippen molar-refractivity contribution in [1.82, 2.24) is 15.0 Å². The fourth-order valence-electron chi connectivity index (χ4n) is 4.20. The van der Waals surface area contributed by atoms with Crippen LogP contribution in [0.15, 0.2) is 29.8 Å². The Morgan fingerprint density at radius 2 is 2.19 bits per heavy atom. The number of ether oxygens (including phenoxy) is 1. The number of anilines is 1. The van der Waals surface area contributed by atoms with E-state index in [0.29, 0.717) is 36.7 Å². The van der Waals surface area contributed by atoms with E-state index in [2.05, 4.69) is 16.8 Å². The molecule has 0 amide bonds. The predicted octanol–water partition coefficient (Wildman–Crippen LogP) is 3.10. The lowest BCUT2D eigenvalue weighted by Crippen LogP contribution is -2.44. The monoisotopic (exact) mass is 472 g/mol. The van der Waals surface area contributed by atoms with Gasteiger partial charge in [0, 0.05) is 41.0 Å². The van der Waals surface area contributed by atoms with Crippen LogP contribution in [0.5, 0.6) is 0 Å². The van der Waals surface area contributed by atoms with Crippen LogP contribution in [0.1, 0.15) is 18.1 Å². The first kappa shape index (κ1) is 21.3. The molecule has 8 nitrogen and oxygen atoms in total. The SMILES string of the molecule is C[C@@H]1COCCN1c1nc(-c2cc(CO)cc3[nH]ccc23)nc2c(CS(C)(=O)=O)csc12. The molecule has 2 N–H and O–H groups in total. The zero-order valence-electron chi connectivity index (χ0n) is 17.8. The minimum atomic E-state index is -3.23. The summed E-state index contributed by atoms with van der Waals surface area (Å²) >= 11 is 1.48. The van der Waals surface area contributed by atoms with Gasteiger partial charge in [0.05, 0.1) is 41.8 Å². The molecule has 5 rings (SSSR count). The van der Waals surface area contributed by atoms with Crippen LogP contribution in [0.25, 0.3) is 32.5 Å². The van der Waals surface area contributed by atoms with Crippen LogP contribution in [0.4, 0.5) is 5.82 Å². The van der Waals surface area contributed by atoms with Crippen molar-refractivity contribution in [2.24, 2.45) is 0 Å². The predicted molar refractivity (Wildman–Crippen MR) is 127 cm³/mol. The number of aliphatic hydroxyl groups is 1. The Hall–Kier alpha value is -2.53. The van der Waals surface area contributed by atoms with Gasteiger partial charge in [-0.05, 0) is 36.1 Å².